The van der Waals surface area contributed by atoms with Crippen molar-refractivity contribution in [2.24, 2.45) is 0 Å². The number of carbonyl (C=O) groups is 2. The highest BCUT2D eigenvalue weighted by atomic mass is 19.1. The molecule has 184 valence electrons. The number of nitrogens with zero attached hydrogens (tertiary/aromatic N) is 4. The molecule has 1 saturated heterocycles. The van der Waals surface area contributed by atoms with Gasteiger partial charge < -0.3 is 24.4 Å². The van der Waals surface area contributed by atoms with Gasteiger partial charge in [-0.25, -0.2) is 4.39 Å². The van der Waals surface area contributed by atoms with E-state index in [1.807, 2.05) is 11.9 Å². The second-order valence-electron chi connectivity index (χ2n) is 8.53. The number of hydrogen-bond donors (Lipinski definition) is 1. The smallest absolute Gasteiger partial charge is 0.254 e. The Balaban J connectivity index is 1.38. The molecule has 1 aromatic heterocycles. The van der Waals surface area contributed by atoms with Crippen molar-refractivity contribution in [3.8, 4) is 17.1 Å². The van der Waals surface area contributed by atoms with Crippen molar-refractivity contribution in [3.05, 3.63) is 59.2 Å². The Hall–Kier alpha value is -3.79. The molecular weight excluding hydrogens is 453 g/mol. The number of rotatable bonds is 7. The highest BCUT2D eigenvalue weighted by Crippen LogP contribution is 2.27. The number of halogens is 1. The molecule has 0 unspecified atom stereocenters. The van der Waals surface area contributed by atoms with E-state index in [0.717, 1.165) is 13.1 Å². The molecule has 0 spiro atoms. The molecule has 0 aliphatic carbocycles. The van der Waals surface area contributed by atoms with Gasteiger partial charge in [-0.1, -0.05) is 5.16 Å². The van der Waals surface area contributed by atoms with Gasteiger partial charge in [0.05, 0.1) is 12.8 Å². The van der Waals surface area contributed by atoms with Crippen molar-refractivity contribution in [2.45, 2.75) is 19.8 Å². The fraction of sp³-hybridized carbons (Fsp3) is 0.360. The maximum absolute atomic E-state index is 13.5. The third-order valence-corrected chi connectivity index (χ3v) is 5.96. The van der Waals surface area contributed by atoms with Crippen LogP contribution in [0.3, 0.4) is 0 Å². The second kappa shape index (κ2) is 10.6. The van der Waals surface area contributed by atoms with Gasteiger partial charge in [-0.15, -0.1) is 0 Å². The van der Waals surface area contributed by atoms with Crippen LogP contribution in [0.15, 0.2) is 40.9 Å². The number of anilines is 1. The first kappa shape index (κ1) is 24.3. The molecule has 9 nitrogen and oxygen atoms in total. The number of carbonyl (C=O) groups excluding carboxylic acids is 2. The number of likely N-dealkylation sites (N-methyl/N-ethyl adjacent to an activating group) is 1. The van der Waals surface area contributed by atoms with Gasteiger partial charge in [-0.3, -0.25) is 9.59 Å². The third-order valence-electron chi connectivity index (χ3n) is 5.96. The van der Waals surface area contributed by atoms with Crippen LogP contribution >= 0.6 is 0 Å². The zero-order valence-electron chi connectivity index (χ0n) is 20.0. The fourth-order valence-corrected chi connectivity index (χ4v) is 3.82. The summed E-state index contributed by atoms with van der Waals surface area (Å²) in [6, 6.07) is 9.58. The minimum absolute atomic E-state index is 0.0781. The Labute approximate surface area is 202 Å². The van der Waals surface area contributed by atoms with E-state index in [-0.39, 0.29) is 30.5 Å². The zero-order chi connectivity index (χ0) is 24.9. The van der Waals surface area contributed by atoms with Crippen molar-refractivity contribution in [2.75, 3.05) is 45.7 Å². The summed E-state index contributed by atoms with van der Waals surface area (Å²) < 4.78 is 24.1. The van der Waals surface area contributed by atoms with Gasteiger partial charge in [0.2, 0.25) is 17.6 Å². The molecule has 0 radical (unpaired) electrons. The average molecular weight is 482 g/mol. The van der Waals surface area contributed by atoms with Gasteiger partial charge in [0.25, 0.3) is 5.91 Å². The minimum Gasteiger partial charge on any atom is -0.495 e. The van der Waals surface area contributed by atoms with E-state index in [9.17, 15) is 14.0 Å². The van der Waals surface area contributed by atoms with Crippen LogP contribution in [0.1, 0.15) is 28.2 Å². The Morgan fingerprint density at radius 2 is 1.91 bits per heavy atom. The molecule has 1 aliphatic heterocycles. The van der Waals surface area contributed by atoms with E-state index in [0.29, 0.717) is 52.9 Å². The maximum Gasteiger partial charge on any atom is 0.254 e. The number of piperazine rings is 1. The van der Waals surface area contributed by atoms with E-state index in [1.165, 1.54) is 13.2 Å². The minimum atomic E-state index is -0.307. The molecule has 1 aliphatic rings. The lowest BCUT2D eigenvalue weighted by atomic mass is 10.1. The molecule has 2 aromatic carbocycles. The highest BCUT2D eigenvalue weighted by molar-refractivity contribution is 5.98. The molecule has 0 atom stereocenters. The predicted molar refractivity (Wildman–Crippen MR) is 128 cm³/mol. The molecule has 3 aromatic rings. The van der Waals surface area contributed by atoms with Crippen LogP contribution in [-0.4, -0.2) is 72.1 Å². The van der Waals surface area contributed by atoms with Gasteiger partial charge in [0, 0.05) is 50.1 Å². The predicted octanol–water partition coefficient (Wildman–Crippen LogP) is 3.15. The number of methoxy groups -OCH3 is 1. The lowest BCUT2D eigenvalue weighted by Gasteiger charge is -2.32. The third kappa shape index (κ3) is 5.83. The SMILES string of the molecule is COc1ccc(C(=O)N2CCN(C)CC2)cc1NC(=O)CCc1nc(-c2ccc(F)c(C)c2)no1. The molecule has 0 bridgehead atoms. The Morgan fingerprint density at radius 3 is 2.63 bits per heavy atom. The molecule has 4 rings (SSSR count). The van der Waals surface area contributed by atoms with Crippen LogP contribution in [0.2, 0.25) is 0 Å². The van der Waals surface area contributed by atoms with E-state index in [2.05, 4.69) is 20.4 Å². The topological polar surface area (TPSA) is 101 Å². The van der Waals surface area contributed by atoms with E-state index < -0.39 is 0 Å². The van der Waals surface area contributed by atoms with Crippen LogP contribution in [0.5, 0.6) is 5.75 Å². The number of nitrogens with one attached hydrogen (secondary N) is 1. The number of ether oxygens (including phenoxy) is 1. The standard InChI is InChI=1S/C25H28FN5O4/c1-16-14-17(4-6-19(16)26)24-28-23(35-29-24)9-8-22(32)27-20-15-18(5-7-21(20)34-3)25(33)31-12-10-30(2)11-13-31/h4-7,14-15H,8-13H2,1-3H3,(H,27,32). The summed E-state index contributed by atoms with van der Waals surface area (Å²) in [5, 5.41) is 6.74. The molecule has 1 N–H and O–H groups in total. The molecule has 35 heavy (non-hydrogen) atoms. The summed E-state index contributed by atoms with van der Waals surface area (Å²) in [6.07, 6.45) is 0.311. The van der Waals surface area contributed by atoms with Crippen molar-refractivity contribution >= 4 is 17.5 Å². The first-order chi connectivity index (χ1) is 16.8. The molecule has 10 heteroatoms. The van der Waals surface area contributed by atoms with Gasteiger partial charge in [0.1, 0.15) is 11.6 Å². The molecule has 1 fully saturated rings. The molecular formula is C25H28FN5O4. The highest BCUT2D eigenvalue weighted by Gasteiger charge is 2.22. The van der Waals surface area contributed by atoms with Crippen LogP contribution < -0.4 is 10.1 Å². The first-order valence-electron chi connectivity index (χ1n) is 11.4. The molecule has 2 heterocycles. The Morgan fingerprint density at radius 1 is 1.14 bits per heavy atom. The molecule has 2 amide bonds. The van der Waals surface area contributed by atoms with Crippen molar-refractivity contribution in [1.82, 2.24) is 19.9 Å². The van der Waals surface area contributed by atoms with Gasteiger partial charge >= 0.3 is 0 Å². The number of amides is 2. The van der Waals surface area contributed by atoms with E-state index in [4.69, 9.17) is 9.26 Å². The number of aromatic nitrogens is 2. The Bertz CT molecular complexity index is 1220. The quantitative estimate of drug-likeness (QED) is 0.553. The summed E-state index contributed by atoms with van der Waals surface area (Å²) in [5.41, 5.74) is 2.03. The summed E-state index contributed by atoms with van der Waals surface area (Å²) in [5.74, 6) is 0.415. The zero-order valence-corrected chi connectivity index (χ0v) is 20.0. The van der Waals surface area contributed by atoms with Crippen LogP contribution in [-0.2, 0) is 11.2 Å². The monoisotopic (exact) mass is 481 g/mol. The summed E-state index contributed by atoms with van der Waals surface area (Å²) in [7, 11) is 3.53. The first-order valence-corrected chi connectivity index (χ1v) is 11.4. The van der Waals surface area contributed by atoms with Crippen LogP contribution in [0.4, 0.5) is 10.1 Å². The van der Waals surface area contributed by atoms with E-state index in [1.54, 1.807) is 37.3 Å². The second-order valence-corrected chi connectivity index (χ2v) is 8.53. The van der Waals surface area contributed by atoms with Crippen molar-refractivity contribution < 1.29 is 23.2 Å². The van der Waals surface area contributed by atoms with E-state index >= 15 is 0 Å². The number of aryl methyl sites for hydroxylation is 2. The van der Waals surface area contributed by atoms with Crippen molar-refractivity contribution in [3.63, 3.8) is 0 Å². The summed E-state index contributed by atoms with van der Waals surface area (Å²) in [4.78, 5) is 33.8. The van der Waals surface area contributed by atoms with Crippen molar-refractivity contribution in [1.29, 1.82) is 0 Å². The lowest BCUT2D eigenvalue weighted by Crippen LogP contribution is -2.47. The number of hydrogen-bond acceptors (Lipinski definition) is 7. The lowest BCUT2D eigenvalue weighted by molar-refractivity contribution is -0.116. The van der Waals surface area contributed by atoms with Crippen LogP contribution in [0, 0.1) is 12.7 Å². The summed E-state index contributed by atoms with van der Waals surface area (Å²) in [6.45, 7) is 4.62. The normalized spacial score (nSPS) is 14.1. The molecule has 0 saturated carbocycles. The number of benzene rings is 2. The fourth-order valence-electron chi connectivity index (χ4n) is 3.82. The maximum atomic E-state index is 13.5. The van der Waals surface area contributed by atoms with Gasteiger partial charge in [-0.05, 0) is 55.9 Å². The largest absolute Gasteiger partial charge is 0.495 e. The Kier molecular flexibility index (Phi) is 7.40. The van der Waals surface area contributed by atoms with Crippen LogP contribution in [0.25, 0.3) is 11.4 Å². The van der Waals surface area contributed by atoms with Gasteiger partial charge in [-0.2, -0.15) is 4.98 Å². The summed E-state index contributed by atoms with van der Waals surface area (Å²) >= 11 is 0. The average Bonchev–Trinajstić information content (AvgIpc) is 3.33. The van der Waals surface area contributed by atoms with Gasteiger partial charge in [0.15, 0.2) is 0 Å².